The summed E-state index contributed by atoms with van der Waals surface area (Å²) in [5.41, 5.74) is 2.16. The average Bonchev–Trinajstić information content (AvgIpc) is 2.92. The van der Waals surface area contributed by atoms with Gasteiger partial charge < -0.3 is 9.47 Å². The van der Waals surface area contributed by atoms with Crippen LogP contribution in [-0.2, 0) is 18.3 Å². The molecule has 3 heterocycles. The van der Waals surface area contributed by atoms with E-state index in [2.05, 4.69) is 20.7 Å². The molecule has 0 unspecified atom stereocenters. The van der Waals surface area contributed by atoms with E-state index < -0.39 is 0 Å². The van der Waals surface area contributed by atoms with Gasteiger partial charge in [-0.05, 0) is 37.8 Å². The van der Waals surface area contributed by atoms with Crippen LogP contribution in [-0.4, -0.2) is 38.4 Å². The van der Waals surface area contributed by atoms with Gasteiger partial charge in [0.1, 0.15) is 5.82 Å². The van der Waals surface area contributed by atoms with Crippen LogP contribution in [0.3, 0.4) is 0 Å². The van der Waals surface area contributed by atoms with Crippen molar-refractivity contribution < 1.29 is 4.79 Å². The summed E-state index contributed by atoms with van der Waals surface area (Å²) in [6.45, 7) is 3.67. The van der Waals surface area contributed by atoms with Crippen LogP contribution in [0.25, 0.3) is 0 Å². The van der Waals surface area contributed by atoms with E-state index in [1.54, 1.807) is 6.20 Å². The van der Waals surface area contributed by atoms with Crippen molar-refractivity contribution >= 4 is 5.91 Å². The highest BCUT2D eigenvalue weighted by Crippen LogP contribution is 2.26. The Labute approximate surface area is 137 Å². The molecule has 3 rings (SSSR count). The van der Waals surface area contributed by atoms with Crippen molar-refractivity contribution in [2.24, 2.45) is 7.05 Å². The molecule has 0 aromatic carbocycles. The number of carbonyl (C=O) groups excluding carboxylic acids is 1. The fraction of sp³-hybridized carbons (Fsp3) is 0.500. The van der Waals surface area contributed by atoms with E-state index in [0.717, 1.165) is 49.4 Å². The van der Waals surface area contributed by atoms with Crippen molar-refractivity contribution in [3.8, 4) is 0 Å². The van der Waals surface area contributed by atoms with Crippen LogP contribution in [0.4, 0.5) is 0 Å². The topological polar surface area (TPSA) is 51.0 Å². The molecule has 5 heteroatoms. The summed E-state index contributed by atoms with van der Waals surface area (Å²) in [5.74, 6) is 1.70. The van der Waals surface area contributed by atoms with Gasteiger partial charge in [-0.3, -0.25) is 9.78 Å². The second-order valence-corrected chi connectivity index (χ2v) is 6.39. The Kier molecular flexibility index (Phi) is 4.74. The highest BCUT2D eigenvalue weighted by molar-refractivity contribution is 5.76. The standard InChI is InChI=1S/C18H24N4O/c1-14-12-21(2)18(20-14)16-6-4-10-22(13-16)17(23)8-7-15-5-3-9-19-11-15/h3,5,9,11-12,16H,4,6-8,10,13H2,1-2H3/t16-/m0/s1. The minimum absolute atomic E-state index is 0.240. The van der Waals surface area contributed by atoms with Crippen LogP contribution in [0.1, 0.15) is 42.3 Å². The summed E-state index contributed by atoms with van der Waals surface area (Å²) in [6, 6.07) is 3.94. The third kappa shape index (κ3) is 3.78. The van der Waals surface area contributed by atoms with Gasteiger partial charge in [-0.2, -0.15) is 0 Å². The van der Waals surface area contributed by atoms with Gasteiger partial charge in [-0.1, -0.05) is 6.07 Å². The molecule has 0 N–H and O–H groups in total. The molecule has 0 bridgehead atoms. The van der Waals surface area contributed by atoms with E-state index in [4.69, 9.17) is 0 Å². The second kappa shape index (κ2) is 6.94. The molecule has 1 saturated heterocycles. The number of imidazole rings is 1. The molecule has 0 saturated carbocycles. The quantitative estimate of drug-likeness (QED) is 0.871. The van der Waals surface area contributed by atoms with Crippen molar-refractivity contribution in [3.05, 3.63) is 47.8 Å². The van der Waals surface area contributed by atoms with Crippen LogP contribution < -0.4 is 0 Å². The maximum Gasteiger partial charge on any atom is 0.222 e. The first-order valence-corrected chi connectivity index (χ1v) is 8.30. The van der Waals surface area contributed by atoms with Gasteiger partial charge >= 0.3 is 0 Å². The zero-order chi connectivity index (χ0) is 16.2. The molecule has 122 valence electrons. The van der Waals surface area contributed by atoms with Crippen molar-refractivity contribution in [2.45, 2.75) is 38.5 Å². The van der Waals surface area contributed by atoms with Gasteiger partial charge in [0.25, 0.3) is 0 Å². The second-order valence-electron chi connectivity index (χ2n) is 6.39. The molecule has 0 spiro atoms. The van der Waals surface area contributed by atoms with Crippen LogP contribution >= 0.6 is 0 Å². The highest BCUT2D eigenvalue weighted by Gasteiger charge is 2.27. The van der Waals surface area contributed by atoms with Crippen molar-refractivity contribution in [3.63, 3.8) is 0 Å². The molecule has 1 aliphatic rings. The van der Waals surface area contributed by atoms with Gasteiger partial charge in [0, 0.05) is 51.1 Å². The number of likely N-dealkylation sites (tertiary alicyclic amines) is 1. The number of hydrogen-bond donors (Lipinski definition) is 0. The number of amides is 1. The summed E-state index contributed by atoms with van der Waals surface area (Å²) < 4.78 is 2.10. The Morgan fingerprint density at radius 3 is 3.00 bits per heavy atom. The normalized spacial score (nSPS) is 18.2. The Morgan fingerprint density at radius 1 is 1.43 bits per heavy atom. The van der Waals surface area contributed by atoms with E-state index >= 15 is 0 Å². The van der Waals surface area contributed by atoms with Crippen LogP contribution in [0.5, 0.6) is 0 Å². The summed E-state index contributed by atoms with van der Waals surface area (Å²) in [7, 11) is 2.04. The summed E-state index contributed by atoms with van der Waals surface area (Å²) in [4.78, 5) is 23.3. The van der Waals surface area contributed by atoms with Crippen LogP contribution in [0.2, 0.25) is 0 Å². The van der Waals surface area contributed by atoms with Crippen LogP contribution in [0.15, 0.2) is 30.7 Å². The minimum Gasteiger partial charge on any atom is -0.342 e. The molecular weight excluding hydrogens is 288 g/mol. The van der Waals surface area contributed by atoms with Crippen molar-refractivity contribution in [2.75, 3.05) is 13.1 Å². The third-order valence-electron chi connectivity index (χ3n) is 4.52. The molecule has 0 radical (unpaired) electrons. The smallest absolute Gasteiger partial charge is 0.222 e. The summed E-state index contributed by atoms with van der Waals surface area (Å²) >= 11 is 0. The lowest BCUT2D eigenvalue weighted by Gasteiger charge is -2.32. The predicted molar refractivity (Wildman–Crippen MR) is 89.1 cm³/mol. The molecule has 2 aromatic rings. The molecule has 1 amide bonds. The lowest BCUT2D eigenvalue weighted by Crippen LogP contribution is -2.39. The highest BCUT2D eigenvalue weighted by atomic mass is 16.2. The number of nitrogens with zero attached hydrogens (tertiary/aromatic N) is 4. The maximum atomic E-state index is 12.5. The number of piperidine rings is 1. The van der Waals surface area contributed by atoms with Crippen LogP contribution in [0, 0.1) is 6.92 Å². The minimum atomic E-state index is 0.240. The number of hydrogen-bond acceptors (Lipinski definition) is 3. The first-order valence-electron chi connectivity index (χ1n) is 8.30. The van der Waals surface area contributed by atoms with E-state index in [-0.39, 0.29) is 5.91 Å². The zero-order valence-electron chi connectivity index (χ0n) is 13.9. The van der Waals surface area contributed by atoms with E-state index in [1.165, 1.54) is 0 Å². The van der Waals surface area contributed by atoms with E-state index in [9.17, 15) is 4.79 Å². The lowest BCUT2D eigenvalue weighted by atomic mass is 9.96. The molecule has 5 nitrogen and oxygen atoms in total. The first-order chi connectivity index (χ1) is 11.1. The van der Waals surface area contributed by atoms with Gasteiger partial charge in [0.15, 0.2) is 0 Å². The SMILES string of the molecule is Cc1cn(C)c([C@H]2CCCN(C(=O)CCc3cccnc3)C2)n1. The van der Waals surface area contributed by atoms with Crippen molar-refractivity contribution in [1.29, 1.82) is 0 Å². The molecule has 0 aliphatic carbocycles. The summed E-state index contributed by atoms with van der Waals surface area (Å²) in [6.07, 6.45) is 9.12. The fourth-order valence-electron chi connectivity index (χ4n) is 3.38. The molecule has 1 aliphatic heterocycles. The van der Waals surface area contributed by atoms with E-state index in [1.807, 2.05) is 37.2 Å². The Hall–Kier alpha value is -2.17. The Bertz CT molecular complexity index is 665. The van der Waals surface area contributed by atoms with Gasteiger partial charge in [-0.25, -0.2) is 4.98 Å². The molecule has 1 atom stereocenters. The van der Waals surface area contributed by atoms with Gasteiger partial charge in [0.2, 0.25) is 5.91 Å². The lowest BCUT2D eigenvalue weighted by molar-refractivity contribution is -0.132. The zero-order valence-corrected chi connectivity index (χ0v) is 13.9. The first kappa shape index (κ1) is 15.7. The Morgan fingerprint density at radius 2 is 2.30 bits per heavy atom. The number of aryl methyl sites for hydroxylation is 3. The van der Waals surface area contributed by atoms with Gasteiger partial charge in [0.05, 0.1) is 5.69 Å². The largest absolute Gasteiger partial charge is 0.342 e. The number of carbonyl (C=O) groups is 1. The van der Waals surface area contributed by atoms with E-state index in [0.29, 0.717) is 12.3 Å². The molecule has 1 fully saturated rings. The Balaban J connectivity index is 1.59. The molecule has 23 heavy (non-hydrogen) atoms. The number of rotatable bonds is 4. The third-order valence-corrected chi connectivity index (χ3v) is 4.52. The molecule has 2 aromatic heterocycles. The van der Waals surface area contributed by atoms with Gasteiger partial charge in [-0.15, -0.1) is 0 Å². The number of pyridine rings is 1. The maximum absolute atomic E-state index is 12.5. The average molecular weight is 312 g/mol. The van der Waals surface area contributed by atoms with Crippen molar-refractivity contribution in [1.82, 2.24) is 19.4 Å². The fourth-order valence-corrected chi connectivity index (χ4v) is 3.38. The monoisotopic (exact) mass is 312 g/mol. The summed E-state index contributed by atoms with van der Waals surface area (Å²) in [5, 5.41) is 0. The number of aromatic nitrogens is 3. The predicted octanol–water partition coefficient (Wildman–Crippen LogP) is 2.46. The molecular formula is C18H24N4O.